The molecule has 1 aliphatic carbocycles. The maximum Gasteiger partial charge on any atom is 0.0996 e. The number of rotatable bonds is 3. The first kappa shape index (κ1) is 19.0. The van der Waals surface area contributed by atoms with Crippen LogP contribution in [0.3, 0.4) is 0 Å². The fraction of sp³-hybridized carbons (Fsp3) is 0.286. The van der Waals surface area contributed by atoms with Crippen LogP contribution in [0, 0.1) is 41.5 Å². The fourth-order valence-corrected chi connectivity index (χ4v) is 5.62. The zero-order valence-corrected chi connectivity index (χ0v) is 18.9. The normalized spacial score (nSPS) is 15.8. The Balaban J connectivity index is 1.63. The van der Waals surface area contributed by atoms with Crippen LogP contribution >= 0.6 is 0 Å². The average Bonchev–Trinajstić information content (AvgIpc) is 3.30. The molecule has 0 spiro atoms. The van der Waals surface area contributed by atoms with Gasteiger partial charge in [0.1, 0.15) is 0 Å². The van der Waals surface area contributed by atoms with Crippen LogP contribution in [0.25, 0.3) is 0 Å². The van der Waals surface area contributed by atoms with Gasteiger partial charge in [-0.05, 0) is 69.4 Å². The second kappa shape index (κ2) is 6.77. The molecule has 0 bridgehead atoms. The average molecular weight is 395 g/mol. The third-order valence-electron chi connectivity index (χ3n) is 6.53. The summed E-state index contributed by atoms with van der Waals surface area (Å²) < 4.78 is 0. The van der Waals surface area contributed by atoms with Gasteiger partial charge in [0.15, 0.2) is 0 Å². The minimum atomic E-state index is 0.389. The molecular formula is C28H30N2. The molecule has 3 aromatic carbocycles. The van der Waals surface area contributed by atoms with E-state index < -0.39 is 0 Å². The van der Waals surface area contributed by atoms with Crippen molar-refractivity contribution in [3.05, 3.63) is 105 Å². The van der Waals surface area contributed by atoms with Crippen molar-refractivity contribution < 1.29 is 0 Å². The zero-order valence-electron chi connectivity index (χ0n) is 18.9. The Bertz CT molecular complexity index is 1070. The van der Waals surface area contributed by atoms with Gasteiger partial charge in [-0.2, -0.15) is 0 Å². The first-order valence-electron chi connectivity index (χ1n) is 10.9. The Morgan fingerprint density at radius 3 is 1.40 bits per heavy atom. The summed E-state index contributed by atoms with van der Waals surface area (Å²) >= 11 is 0. The molecular weight excluding hydrogens is 364 g/mol. The molecule has 0 atom stereocenters. The van der Waals surface area contributed by atoms with Crippen molar-refractivity contribution in [2.75, 3.05) is 16.5 Å². The molecule has 30 heavy (non-hydrogen) atoms. The molecule has 1 heterocycles. The highest BCUT2D eigenvalue weighted by Crippen LogP contribution is 2.58. The standard InChI is InChI=1S/C28H30N2/c1-17-12-19(3)25(20(4)13-17)29-16-30(26-21(5)14-18(2)15-22(26)6)28-24(27(28)29)23-10-8-7-9-11-23/h7-15,24H,16H2,1-6H3. The Morgan fingerprint density at radius 2 is 1.00 bits per heavy atom. The molecule has 0 unspecified atom stereocenters. The maximum absolute atomic E-state index is 2.57. The van der Waals surface area contributed by atoms with Gasteiger partial charge in [-0.3, -0.25) is 0 Å². The van der Waals surface area contributed by atoms with E-state index in [2.05, 4.69) is 106 Å². The molecule has 2 nitrogen and oxygen atoms in total. The van der Waals surface area contributed by atoms with Crippen molar-refractivity contribution in [3.8, 4) is 0 Å². The van der Waals surface area contributed by atoms with E-state index in [-0.39, 0.29) is 0 Å². The number of allylic oxidation sites excluding steroid dienone is 2. The largest absolute Gasteiger partial charge is 0.323 e. The number of nitrogens with zero attached hydrogens (tertiary/aromatic N) is 2. The molecule has 0 N–H and O–H groups in total. The van der Waals surface area contributed by atoms with Gasteiger partial charge in [-0.1, -0.05) is 65.7 Å². The Hall–Kier alpha value is -3.00. The van der Waals surface area contributed by atoms with Crippen molar-refractivity contribution in [1.82, 2.24) is 0 Å². The molecule has 2 aliphatic rings. The summed E-state index contributed by atoms with van der Waals surface area (Å²) in [7, 11) is 0. The minimum absolute atomic E-state index is 0.389. The number of aryl methyl sites for hydroxylation is 6. The van der Waals surface area contributed by atoms with E-state index in [0.29, 0.717) is 5.92 Å². The molecule has 5 rings (SSSR count). The lowest BCUT2D eigenvalue weighted by Gasteiger charge is -2.33. The molecule has 3 aromatic rings. The van der Waals surface area contributed by atoms with Crippen molar-refractivity contribution >= 4 is 11.4 Å². The SMILES string of the molecule is Cc1cc(C)c(N2CN(c3c(C)cc(C)cc3C)C3=C2C3c2ccccc2)c(C)c1. The summed E-state index contributed by atoms with van der Waals surface area (Å²) in [6.07, 6.45) is 0. The third kappa shape index (κ3) is 2.86. The van der Waals surface area contributed by atoms with Crippen LogP contribution < -0.4 is 9.80 Å². The van der Waals surface area contributed by atoms with E-state index >= 15 is 0 Å². The van der Waals surface area contributed by atoms with Crippen molar-refractivity contribution in [2.24, 2.45) is 0 Å². The number of hydrogen-bond acceptors (Lipinski definition) is 2. The molecule has 0 saturated carbocycles. The van der Waals surface area contributed by atoms with Crippen LogP contribution in [0.2, 0.25) is 0 Å². The van der Waals surface area contributed by atoms with Gasteiger partial charge in [-0.15, -0.1) is 0 Å². The highest BCUT2D eigenvalue weighted by atomic mass is 15.4. The quantitative estimate of drug-likeness (QED) is 0.480. The Kier molecular flexibility index (Phi) is 4.28. The van der Waals surface area contributed by atoms with Gasteiger partial charge >= 0.3 is 0 Å². The molecule has 152 valence electrons. The summed E-state index contributed by atoms with van der Waals surface area (Å²) in [5.41, 5.74) is 15.2. The second-order valence-corrected chi connectivity index (χ2v) is 9.11. The van der Waals surface area contributed by atoms with Crippen molar-refractivity contribution in [1.29, 1.82) is 0 Å². The predicted molar refractivity (Wildman–Crippen MR) is 127 cm³/mol. The lowest BCUT2D eigenvalue weighted by Crippen LogP contribution is -2.34. The van der Waals surface area contributed by atoms with Gasteiger partial charge in [0.25, 0.3) is 0 Å². The van der Waals surface area contributed by atoms with Crippen LogP contribution in [-0.4, -0.2) is 6.67 Å². The van der Waals surface area contributed by atoms with E-state index in [1.54, 1.807) is 0 Å². The lowest BCUT2D eigenvalue weighted by atomic mass is 10.0. The first-order valence-corrected chi connectivity index (χ1v) is 10.9. The Labute approximate surface area is 180 Å². The molecule has 0 saturated heterocycles. The molecule has 0 amide bonds. The lowest BCUT2D eigenvalue weighted by molar-refractivity contribution is 0.828. The zero-order chi connectivity index (χ0) is 21.2. The van der Waals surface area contributed by atoms with Crippen LogP contribution in [0.4, 0.5) is 11.4 Å². The monoisotopic (exact) mass is 394 g/mol. The minimum Gasteiger partial charge on any atom is -0.323 e. The topological polar surface area (TPSA) is 6.48 Å². The highest BCUT2D eigenvalue weighted by molar-refractivity contribution is 5.82. The summed E-state index contributed by atoms with van der Waals surface area (Å²) in [5, 5.41) is 0. The summed E-state index contributed by atoms with van der Waals surface area (Å²) in [6, 6.07) is 20.2. The fourth-order valence-electron chi connectivity index (χ4n) is 5.62. The first-order chi connectivity index (χ1) is 14.4. The third-order valence-corrected chi connectivity index (χ3v) is 6.53. The van der Waals surface area contributed by atoms with E-state index in [1.165, 1.54) is 61.7 Å². The van der Waals surface area contributed by atoms with Gasteiger partial charge in [0.05, 0.1) is 24.0 Å². The van der Waals surface area contributed by atoms with E-state index in [0.717, 1.165) is 6.67 Å². The summed E-state index contributed by atoms with van der Waals surface area (Å²) in [4.78, 5) is 5.13. The van der Waals surface area contributed by atoms with E-state index in [4.69, 9.17) is 0 Å². The molecule has 1 aliphatic heterocycles. The molecule has 0 aromatic heterocycles. The van der Waals surface area contributed by atoms with Crippen molar-refractivity contribution in [3.63, 3.8) is 0 Å². The summed E-state index contributed by atoms with van der Waals surface area (Å²) in [6.45, 7) is 14.3. The van der Waals surface area contributed by atoms with Crippen LogP contribution in [0.15, 0.2) is 66.0 Å². The predicted octanol–water partition coefficient (Wildman–Crippen LogP) is 6.83. The Morgan fingerprint density at radius 1 is 0.600 bits per heavy atom. The number of anilines is 2. The van der Waals surface area contributed by atoms with Gasteiger partial charge in [0.2, 0.25) is 0 Å². The summed E-state index contributed by atoms with van der Waals surface area (Å²) in [5.74, 6) is 0.389. The van der Waals surface area contributed by atoms with Gasteiger partial charge < -0.3 is 9.80 Å². The van der Waals surface area contributed by atoms with Gasteiger partial charge in [-0.25, -0.2) is 0 Å². The van der Waals surface area contributed by atoms with Crippen LogP contribution in [-0.2, 0) is 0 Å². The van der Waals surface area contributed by atoms with Crippen LogP contribution in [0.1, 0.15) is 44.9 Å². The maximum atomic E-state index is 2.57. The smallest absolute Gasteiger partial charge is 0.0996 e. The number of hydrogen-bond donors (Lipinski definition) is 0. The van der Waals surface area contributed by atoms with Crippen LogP contribution in [0.5, 0.6) is 0 Å². The van der Waals surface area contributed by atoms with E-state index in [1.807, 2.05) is 0 Å². The molecule has 0 fully saturated rings. The van der Waals surface area contributed by atoms with Crippen molar-refractivity contribution in [2.45, 2.75) is 47.5 Å². The second-order valence-electron chi connectivity index (χ2n) is 9.11. The highest BCUT2D eigenvalue weighted by Gasteiger charge is 2.52. The number of benzene rings is 3. The van der Waals surface area contributed by atoms with E-state index in [9.17, 15) is 0 Å². The molecule has 0 radical (unpaired) electrons. The molecule has 2 heteroatoms. The van der Waals surface area contributed by atoms with Gasteiger partial charge in [0, 0.05) is 11.4 Å².